The van der Waals surface area contributed by atoms with Crippen LogP contribution < -0.4 is 5.32 Å². The van der Waals surface area contributed by atoms with Gasteiger partial charge in [-0.15, -0.1) is 22.7 Å². The van der Waals surface area contributed by atoms with E-state index in [4.69, 9.17) is 5.11 Å². The normalized spacial score (nSPS) is 12.6. The van der Waals surface area contributed by atoms with Crippen molar-refractivity contribution in [3.8, 4) is 11.8 Å². The number of aryl methyl sites for hydroxylation is 2. The Hall–Kier alpha value is -1.61. The molecule has 0 saturated carbocycles. The molecule has 1 aliphatic carbocycles. The van der Waals surface area contributed by atoms with E-state index in [1.165, 1.54) is 28.2 Å². The standard InChI is InChI=1S/C16H15NO2S2/c18-8-2-4-12-6-7-13(20-12)10-17-16(19)15-9-11-3-1-5-14(11)21-15/h6-7,9,18H,1,3,5,8,10H2,(H,17,19). The fourth-order valence-corrected chi connectivity index (χ4v) is 4.35. The lowest BCUT2D eigenvalue weighted by atomic mass is 10.2. The Balaban J connectivity index is 1.59. The third-order valence-corrected chi connectivity index (χ3v) is 5.58. The number of hydrogen-bond donors (Lipinski definition) is 2. The summed E-state index contributed by atoms with van der Waals surface area (Å²) in [6, 6.07) is 5.91. The third kappa shape index (κ3) is 3.35. The van der Waals surface area contributed by atoms with Crippen LogP contribution in [-0.2, 0) is 19.4 Å². The van der Waals surface area contributed by atoms with Crippen LogP contribution in [0.15, 0.2) is 18.2 Å². The predicted octanol–water partition coefficient (Wildman–Crippen LogP) is 2.57. The van der Waals surface area contributed by atoms with Gasteiger partial charge in [-0.1, -0.05) is 11.8 Å². The summed E-state index contributed by atoms with van der Waals surface area (Å²) < 4.78 is 0. The number of rotatable bonds is 3. The van der Waals surface area contributed by atoms with E-state index in [-0.39, 0.29) is 12.5 Å². The Morgan fingerprint density at radius 1 is 1.33 bits per heavy atom. The van der Waals surface area contributed by atoms with Crippen molar-refractivity contribution in [2.75, 3.05) is 6.61 Å². The highest BCUT2D eigenvalue weighted by Crippen LogP contribution is 2.30. The molecule has 0 unspecified atom stereocenters. The molecule has 3 nitrogen and oxygen atoms in total. The zero-order valence-corrected chi connectivity index (χ0v) is 13.1. The van der Waals surface area contributed by atoms with Crippen molar-refractivity contribution in [2.24, 2.45) is 0 Å². The Kier molecular flexibility index (Phi) is 4.39. The second kappa shape index (κ2) is 6.44. The minimum atomic E-state index is -0.132. The smallest absolute Gasteiger partial charge is 0.261 e. The molecule has 0 saturated heterocycles. The van der Waals surface area contributed by atoms with Gasteiger partial charge in [-0.25, -0.2) is 0 Å². The molecule has 0 aliphatic heterocycles. The first kappa shape index (κ1) is 14.3. The van der Waals surface area contributed by atoms with Crippen LogP contribution in [0.5, 0.6) is 0 Å². The van der Waals surface area contributed by atoms with E-state index in [2.05, 4.69) is 17.2 Å². The zero-order valence-electron chi connectivity index (χ0n) is 11.4. The summed E-state index contributed by atoms with van der Waals surface area (Å²) in [5.74, 6) is 5.49. The van der Waals surface area contributed by atoms with Gasteiger partial charge >= 0.3 is 0 Å². The highest BCUT2D eigenvalue weighted by atomic mass is 32.1. The lowest BCUT2D eigenvalue weighted by Crippen LogP contribution is -2.21. The SMILES string of the molecule is O=C(NCc1ccc(C#CCO)s1)c1cc2c(s1)CCC2. The molecule has 0 bridgehead atoms. The van der Waals surface area contributed by atoms with Gasteiger partial charge in [-0.05, 0) is 43.0 Å². The van der Waals surface area contributed by atoms with E-state index in [9.17, 15) is 4.79 Å². The molecule has 0 spiro atoms. The van der Waals surface area contributed by atoms with Crippen LogP contribution >= 0.6 is 22.7 Å². The number of amides is 1. The number of aliphatic hydroxyl groups excluding tert-OH is 1. The molecule has 108 valence electrons. The molecule has 0 atom stereocenters. The highest BCUT2D eigenvalue weighted by Gasteiger charge is 2.18. The van der Waals surface area contributed by atoms with Gasteiger partial charge in [0, 0.05) is 9.75 Å². The van der Waals surface area contributed by atoms with Crippen LogP contribution in [0.2, 0.25) is 0 Å². The summed E-state index contributed by atoms with van der Waals surface area (Å²) in [7, 11) is 0. The van der Waals surface area contributed by atoms with E-state index in [1.54, 1.807) is 11.3 Å². The van der Waals surface area contributed by atoms with Crippen molar-refractivity contribution < 1.29 is 9.90 Å². The Morgan fingerprint density at radius 2 is 2.24 bits per heavy atom. The van der Waals surface area contributed by atoms with Crippen molar-refractivity contribution in [3.63, 3.8) is 0 Å². The fraction of sp³-hybridized carbons (Fsp3) is 0.312. The second-order valence-electron chi connectivity index (χ2n) is 4.82. The Morgan fingerprint density at radius 3 is 3.05 bits per heavy atom. The van der Waals surface area contributed by atoms with Crippen LogP contribution in [0.1, 0.15) is 36.3 Å². The van der Waals surface area contributed by atoms with Crippen LogP contribution in [0.3, 0.4) is 0 Å². The largest absolute Gasteiger partial charge is 0.384 e. The maximum atomic E-state index is 12.1. The van der Waals surface area contributed by atoms with Gasteiger partial charge in [0.1, 0.15) is 6.61 Å². The topological polar surface area (TPSA) is 49.3 Å². The number of carbonyl (C=O) groups excluding carboxylic acids is 1. The first-order chi connectivity index (χ1) is 10.3. The maximum absolute atomic E-state index is 12.1. The summed E-state index contributed by atoms with van der Waals surface area (Å²) in [5.41, 5.74) is 1.35. The first-order valence-corrected chi connectivity index (χ1v) is 8.48. The number of carbonyl (C=O) groups is 1. The van der Waals surface area contributed by atoms with Gasteiger partial charge in [0.15, 0.2) is 0 Å². The van der Waals surface area contributed by atoms with E-state index in [0.29, 0.717) is 6.54 Å². The average molecular weight is 317 g/mol. The lowest BCUT2D eigenvalue weighted by Gasteiger charge is -2.01. The minimum Gasteiger partial charge on any atom is -0.384 e. The predicted molar refractivity (Wildman–Crippen MR) is 85.8 cm³/mol. The van der Waals surface area contributed by atoms with Crippen LogP contribution in [0.25, 0.3) is 0 Å². The monoisotopic (exact) mass is 317 g/mol. The number of fused-ring (bicyclic) bond motifs is 1. The van der Waals surface area contributed by atoms with Crippen molar-refractivity contribution >= 4 is 28.6 Å². The molecule has 0 aromatic carbocycles. The molecule has 5 heteroatoms. The van der Waals surface area contributed by atoms with Crippen molar-refractivity contribution in [3.05, 3.63) is 43.3 Å². The highest BCUT2D eigenvalue weighted by molar-refractivity contribution is 7.14. The van der Waals surface area contributed by atoms with Crippen LogP contribution in [0, 0.1) is 11.8 Å². The van der Waals surface area contributed by atoms with Gasteiger partial charge in [0.25, 0.3) is 5.91 Å². The fourth-order valence-electron chi connectivity index (χ4n) is 2.36. The van der Waals surface area contributed by atoms with Gasteiger partial charge in [0.05, 0.1) is 16.3 Å². The molecule has 2 aromatic heterocycles. The lowest BCUT2D eigenvalue weighted by molar-refractivity contribution is 0.0955. The van der Waals surface area contributed by atoms with E-state index in [0.717, 1.165) is 27.5 Å². The second-order valence-corrected chi connectivity index (χ2v) is 7.13. The number of hydrogen-bond acceptors (Lipinski definition) is 4. The average Bonchev–Trinajstić information content (AvgIpc) is 3.17. The molecule has 3 rings (SSSR count). The zero-order chi connectivity index (χ0) is 14.7. The summed E-state index contributed by atoms with van der Waals surface area (Å²) >= 11 is 3.16. The van der Waals surface area contributed by atoms with Crippen LogP contribution in [0.4, 0.5) is 0 Å². The van der Waals surface area contributed by atoms with E-state index < -0.39 is 0 Å². The summed E-state index contributed by atoms with van der Waals surface area (Å²) in [4.78, 5) is 16.3. The molecule has 2 heterocycles. The molecule has 2 aromatic rings. The summed E-state index contributed by atoms with van der Waals surface area (Å²) in [6.45, 7) is 0.389. The first-order valence-electron chi connectivity index (χ1n) is 6.84. The number of aliphatic hydroxyl groups is 1. The molecule has 2 N–H and O–H groups in total. The summed E-state index contributed by atoms with van der Waals surface area (Å²) in [6.07, 6.45) is 3.44. The molecule has 0 radical (unpaired) electrons. The number of thiophene rings is 2. The molecule has 1 amide bonds. The summed E-state index contributed by atoms with van der Waals surface area (Å²) in [5, 5.41) is 11.6. The Bertz CT molecular complexity index is 697. The maximum Gasteiger partial charge on any atom is 0.261 e. The minimum absolute atomic E-state index is 0.00536. The van der Waals surface area contributed by atoms with Crippen molar-refractivity contribution in [1.29, 1.82) is 0 Å². The van der Waals surface area contributed by atoms with E-state index in [1.807, 2.05) is 18.2 Å². The quantitative estimate of drug-likeness (QED) is 0.855. The Labute approximate surface area is 131 Å². The molecule has 0 fully saturated rings. The van der Waals surface area contributed by atoms with Crippen molar-refractivity contribution in [2.45, 2.75) is 25.8 Å². The third-order valence-electron chi connectivity index (χ3n) is 3.35. The van der Waals surface area contributed by atoms with Crippen LogP contribution in [-0.4, -0.2) is 17.6 Å². The van der Waals surface area contributed by atoms with Gasteiger partial charge in [-0.2, -0.15) is 0 Å². The number of nitrogens with one attached hydrogen (secondary N) is 1. The molecular formula is C16H15NO2S2. The molecule has 1 aliphatic rings. The van der Waals surface area contributed by atoms with Crippen molar-refractivity contribution in [1.82, 2.24) is 5.32 Å². The molecular weight excluding hydrogens is 302 g/mol. The molecule has 21 heavy (non-hydrogen) atoms. The van der Waals surface area contributed by atoms with Gasteiger partial charge in [0.2, 0.25) is 0 Å². The van der Waals surface area contributed by atoms with Gasteiger partial charge < -0.3 is 10.4 Å². The van der Waals surface area contributed by atoms with E-state index >= 15 is 0 Å². The van der Waals surface area contributed by atoms with Gasteiger partial charge in [-0.3, -0.25) is 4.79 Å².